The minimum Gasteiger partial charge on any atom is -0.493 e. The second kappa shape index (κ2) is 7.55. The van der Waals surface area contributed by atoms with Gasteiger partial charge < -0.3 is 17.7 Å². The van der Waals surface area contributed by atoms with E-state index in [0.717, 1.165) is 6.07 Å². The van der Waals surface area contributed by atoms with E-state index in [1.54, 1.807) is 19.1 Å². The Morgan fingerprint density at radius 1 is 1.25 bits per heavy atom. The van der Waals surface area contributed by atoms with Gasteiger partial charge >= 0.3 is 58.4 Å². The molecule has 0 aliphatic carbocycles. The van der Waals surface area contributed by atoms with Crippen LogP contribution in [0.4, 0.5) is 12.9 Å². The van der Waals surface area contributed by atoms with Gasteiger partial charge in [-0.15, -0.1) is 0 Å². The van der Waals surface area contributed by atoms with Gasteiger partial charge in [-0.1, -0.05) is 35.8 Å². The zero-order valence-corrected chi connectivity index (χ0v) is 12.4. The maximum Gasteiger partial charge on any atom is 1.00 e. The Hall–Kier alpha value is 0.251. The molecule has 0 aliphatic heterocycles. The first kappa shape index (κ1) is 16.3. The molecular formula is C10H11BF3KO. The summed E-state index contributed by atoms with van der Waals surface area (Å²) in [5.74, 6) is -0.108. The largest absolute Gasteiger partial charge is 1.00 e. The van der Waals surface area contributed by atoms with Crippen LogP contribution in [0.2, 0.25) is 0 Å². The van der Waals surface area contributed by atoms with Crippen molar-refractivity contribution in [2.75, 3.05) is 6.61 Å². The van der Waals surface area contributed by atoms with Gasteiger partial charge in [0.05, 0.1) is 5.75 Å². The monoisotopic (exact) mass is 254 g/mol. The van der Waals surface area contributed by atoms with Crippen LogP contribution in [0.1, 0.15) is 6.92 Å². The van der Waals surface area contributed by atoms with Gasteiger partial charge in [0.25, 0.3) is 0 Å². The van der Waals surface area contributed by atoms with E-state index in [4.69, 9.17) is 4.74 Å². The van der Waals surface area contributed by atoms with Crippen molar-refractivity contribution in [2.45, 2.75) is 6.92 Å². The predicted octanol–water partition coefficient (Wildman–Crippen LogP) is -0.300. The minimum atomic E-state index is -5.01. The molecule has 0 spiro atoms. The van der Waals surface area contributed by atoms with Gasteiger partial charge in [-0.25, -0.2) is 0 Å². The van der Waals surface area contributed by atoms with E-state index in [9.17, 15) is 12.9 Å². The topological polar surface area (TPSA) is 9.23 Å². The van der Waals surface area contributed by atoms with Crippen LogP contribution in [0.15, 0.2) is 36.4 Å². The predicted molar refractivity (Wildman–Crippen MR) is 55.5 cm³/mol. The normalized spacial score (nSPS) is 11.2. The molecule has 1 nitrogen and oxygen atoms in total. The molecule has 0 saturated heterocycles. The van der Waals surface area contributed by atoms with Crippen LogP contribution in [-0.4, -0.2) is 13.6 Å². The van der Waals surface area contributed by atoms with Crippen LogP contribution in [0.5, 0.6) is 5.75 Å². The van der Waals surface area contributed by atoms with Gasteiger partial charge in [-0.2, -0.15) is 0 Å². The number of halogens is 3. The van der Waals surface area contributed by atoms with Gasteiger partial charge in [0.1, 0.15) is 6.61 Å². The van der Waals surface area contributed by atoms with E-state index < -0.39 is 12.4 Å². The standard InChI is InChI=1S/C10H11BF3O.K/c1-2-3-8-15-10-7-5-4-6-9(10)11(12,13)14;/h2-7H,8H2,1H3;/q-1;+1. The Morgan fingerprint density at radius 2 is 1.88 bits per heavy atom. The Morgan fingerprint density at radius 3 is 2.44 bits per heavy atom. The third-order valence-electron chi connectivity index (χ3n) is 1.84. The van der Waals surface area contributed by atoms with Crippen molar-refractivity contribution in [3.63, 3.8) is 0 Å². The minimum absolute atomic E-state index is 0. The molecule has 0 aromatic heterocycles. The Balaban J connectivity index is 0.00000225. The van der Waals surface area contributed by atoms with E-state index in [1.807, 2.05) is 0 Å². The van der Waals surface area contributed by atoms with Gasteiger partial charge in [-0.05, 0) is 13.0 Å². The van der Waals surface area contributed by atoms with E-state index in [-0.39, 0.29) is 63.7 Å². The summed E-state index contributed by atoms with van der Waals surface area (Å²) < 4.78 is 42.6. The van der Waals surface area contributed by atoms with Crippen molar-refractivity contribution in [1.82, 2.24) is 0 Å². The zero-order chi connectivity index (χ0) is 11.3. The molecular weight excluding hydrogens is 243 g/mol. The average molecular weight is 254 g/mol. The molecule has 1 rings (SSSR count). The zero-order valence-electron chi connectivity index (χ0n) is 9.29. The average Bonchev–Trinajstić information content (AvgIpc) is 2.17. The molecule has 1 aromatic carbocycles. The maximum absolute atomic E-state index is 12.5. The summed E-state index contributed by atoms with van der Waals surface area (Å²) in [5, 5.41) is 0. The fraction of sp³-hybridized carbons (Fsp3) is 0.200. The van der Waals surface area contributed by atoms with Crippen molar-refractivity contribution in [2.24, 2.45) is 0 Å². The van der Waals surface area contributed by atoms with Crippen LogP contribution < -0.4 is 61.6 Å². The Bertz CT molecular complexity index is 352. The quantitative estimate of drug-likeness (QED) is 0.529. The number of ether oxygens (including phenoxy) is 1. The molecule has 16 heavy (non-hydrogen) atoms. The fourth-order valence-electron chi connectivity index (χ4n) is 1.12. The van der Waals surface area contributed by atoms with Crippen LogP contribution in [0, 0.1) is 0 Å². The third kappa shape index (κ3) is 5.05. The van der Waals surface area contributed by atoms with E-state index >= 15 is 0 Å². The summed E-state index contributed by atoms with van der Waals surface area (Å²) in [7, 11) is 0. The fourth-order valence-corrected chi connectivity index (χ4v) is 1.12. The van der Waals surface area contributed by atoms with Crippen molar-refractivity contribution in [3.05, 3.63) is 36.4 Å². The summed E-state index contributed by atoms with van der Waals surface area (Å²) in [6.45, 7) is -3.07. The molecule has 0 unspecified atom stereocenters. The van der Waals surface area contributed by atoms with Gasteiger partial charge in [0.2, 0.25) is 0 Å². The molecule has 0 aliphatic rings. The van der Waals surface area contributed by atoms with Gasteiger partial charge in [0, 0.05) is 0 Å². The van der Waals surface area contributed by atoms with E-state index in [2.05, 4.69) is 0 Å². The number of benzene rings is 1. The molecule has 0 heterocycles. The molecule has 82 valence electrons. The van der Waals surface area contributed by atoms with Crippen LogP contribution in [-0.2, 0) is 0 Å². The van der Waals surface area contributed by atoms with Crippen molar-refractivity contribution >= 4 is 12.4 Å². The number of allylic oxidation sites excluding steroid dienone is 1. The van der Waals surface area contributed by atoms with E-state index in [0.29, 0.717) is 0 Å². The number of rotatable bonds is 4. The van der Waals surface area contributed by atoms with Gasteiger partial charge in [0.15, 0.2) is 0 Å². The first-order valence-electron chi connectivity index (χ1n) is 4.58. The smallest absolute Gasteiger partial charge is 0.493 e. The molecule has 0 saturated carbocycles. The summed E-state index contributed by atoms with van der Waals surface area (Å²) in [6.07, 6.45) is 3.38. The summed E-state index contributed by atoms with van der Waals surface area (Å²) in [5.41, 5.74) is -0.679. The summed E-state index contributed by atoms with van der Waals surface area (Å²) in [6, 6.07) is 5.24. The van der Waals surface area contributed by atoms with Crippen molar-refractivity contribution in [1.29, 1.82) is 0 Å². The van der Waals surface area contributed by atoms with Gasteiger partial charge in [-0.3, -0.25) is 0 Å². The van der Waals surface area contributed by atoms with Crippen LogP contribution >= 0.6 is 0 Å². The van der Waals surface area contributed by atoms with Crippen molar-refractivity contribution < 1.29 is 69.1 Å². The summed E-state index contributed by atoms with van der Waals surface area (Å²) in [4.78, 5) is 0. The SMILES string of the molecule is CC=CCOc1ccccc1[B-](F)(F)F.[K+]. The second-order valence-electron chi connectivity index (χ2n) is 2.99. The first-order valence-corrected chi connectivity index (χ1v) is 4.58. The van der Waals surface area contributed by atoms with Crippen molar-refractivity contribution in [3.8, 4) is 5.75 Å². The molecule has 0 fully saturated rings. The molecule has 1 aromatic rings. The molecule has 0 N–H and O–H groups in total. The second-order valence-corrected chi connectivity index (χ2v) is 2.99. The number of hydrogen-bond donors (Lipinski definition) is 0. The van der Waals surface area contributed by atoms with Crippen LogP contribution in [0.3, 0.4) is 0 Å². The molecule has 0 atom stereocenters. The maximum atomic E-state index is 12.5. The molecule has 0 amide bonds. The number of hydrogen-bond acceptors (Lipinski definition) is 1. The third-order valence-corrected chi connectivity index (χ3v) is 1.84. The van der Waals surface area contributed by atoms with E-state index in [1.165, 1.54) is 18.2 Å². The van der Waals surface area contributed by atoms with Crippen LogP contribution in [0.25, 0.3) is 0 Å². The molecule has 6 heteroatoms. The first-order chi connectivity index (χ1) is 7.05. The number of para-hydroxylation sites is 1. The molecule has 0 bridgehead atoms. The Labute approximate surface area is 136 Å². The summed E-state index contributed by atoms with van der Waals surface area (Å²) >= 11 is 0. The molecule has 0 radical (unpaired) electrons. The Kier molecular flexibility index (Phi) is 7.67.